The highest BCUT2D eigenvalue weighted by Gasteiger charge is 2.54. The van der Waals surface area contributed by atoms with Crippen molar-refractivity contribution in [1.82, 2.24) is 9.80 Å². The number of benzene rings is 2. The summed E-state index contributed by atoms with van der Waals surface area (Å²) in [4.78, 5) is 29.6. The summed E-state index contributed by atoms with van der Waals surface area (Å²) >= 11 is 0. The third-order valence-corrected chi connectivity index (χ3v) is 7.72. The minimum Gasteiger partial charge on any atom is -0.497 e. The van der Waals surface area contributed by atoms with Gasteiger partial charge in [0.1, 0.15) is 5.75 Å². The van der Waals surface area contributed by atoms with Crippen molar-refractivity contribution in [1.29, 1.82) is 0 Å². The van der Waals surface area contributed by atoms with Crippen LogP contribution in [-0.4, -0.2) is 65.6 Å². The van der Waals surface area contributed by atoms with Gasteiger partial charge in [-0.2, -0.15) is 0 Å². The number of amides is 2. The van der Waals surface area contributed by atoms with E-state index in [2.05, 4.69) is 24.3 Å². The van der Waals surface area contributed by atoms with Crippen LogP contribution in [0.3, 0.4) is 0 Å². The van der Waals surface area contributed by atoms with Crippen LogP contribution in [0.25, 0.3) is 11.1 Å². The number of hydrogen-bond donors (Lipinski definition) is 1. The van der Waals surface area contributed by atoms with E-state index in [0.29, 0.717) is 6.54 Å². The van der Waals surface area contributed by atoms with E-state index in [4.69, 9.17) is 4.74 Å². The molecule has 3 fully saturated rings. The second kappa shape index (κ2) is 9.18. The number of piperazine rings is 1. The summed E-state index contributed by atoms with van der Waals surface area (Å²) < 4.78 is 5.34. The number of carbonyl (C=O) groups excluding carboxylic acids is 2. The monoisotopic (exact) mass is 448 g/mol. The highest BCUT2D eigenvalue weighted by molar-refractivity contribution is 5.88. The maximum absolute atomic E-state index is 13.1. The van der Waals surface area contributed by atoms with Gasteiger partial charge >= 0.3 is 0 Å². The normalized spacial score (nSPS) is 25.4. The molecular weight excluding hydrogens is 416 g/mol. The standard InChI is InChI=1S/C27H32N2O4/c1-33-22-9-5-8-21(14-22)18-10-12-19(13-11-18)26-23-15-28(16-25(31)29(23)24(26)17-30)27(32)20-6-3-2-4-7-20/h5,8-14,20,23-24,26,30H,2-4,6-7,15-17H2,1H3/t23-,24-,26+/m0/s1. The molecule has 3 atom stereocenters. The molecule has 0 aromatic heterocycles. The minimum atomic E-state index is -0.225. The number of carbonyl (C=O) groups is 2. The lowest BCUT2D eigenvalue weighted by Crippen LogP contribution is -2.73. The molecule has 0 bridgehead atoms. The molecule has 2 heterocycles. The summed E-state index contributed by atoms with van der Waals surface area (Å²) in [6.45, 7) is 0.630. The fraction of sp³-hybridized carbons (Fsp3) is 0.481. The van der Waals surface area contributed by atoms with Crippen LogP contribution in [0, 0.1) is 5.92 Å². The molecule has 2 amide bonds. The van der Waals surface area contributed by atoms with Gasteiger partial charge in [-0.25, -0.2) is 0 Å². The number of fused-ring (bicyclic) bond motifs is 1. The van der Waals surface area contributed by atoms with Crippen LogP contribution in [0.5, 0.6) is 5.75 Å². The zero-order chi connectivity index (χ0) is 22.9. The predicted molar refractivity (Wildman–Crippen MR) is 126 cm³/mol. The van der Waals surface area contributed by atoms with E-state index in [9.17, 15) is 14.7 Å². The van der Waals surface area contributed by atoms with Gasteiger partial charge in [0, 0.05) is 18.4 Å². The summed E-state index contributed by atoms with van der Waals surface area (Å²) in [6, 6.07) is 16.0. The van der Waals surface area contributed by atoms with Crippen molar-refractivity contribution < 1.29 is 19.4 Å². The zero-order valence-corrected chi connectivity index (χ0v) is 19.2. The maximum Gasteiger partial charge on any atom is 0.242 e. The van der Waals surface area contributed by atoms with Gasteiger partial charge in [0.05, 0.1) is 32.3 Å². The summed E-state index contributed by atoms with van der Waals surface area (Å²) in [5, 5.41) is 10.1. The Morgan fingerprint density at radius 3 is 2.52 bits per heavy atom. The van der Waals surface area contributed by atoms with Gasteiger partial charge in [-0.15, -0.1) is 0 Å². The molecule has 0 unspecified atom stereocenters. The highest BCUT2D eigenvalue weighted by Crippen LogP contribution is 2.43. The van der Waals surface area contributed by atoms with E-state index in [0.717, 1.165) is 48.1 Å². The smallest absolute Gasteiger partial charge is 0.242 e. The zero-order valence-electron chi connectivity index (χ0n) is 19.2. The predicted octanol–water partition coefficient (Wildman–Crippen LogP) is 3.44. The van der Waals surface area contributed by atoms with Gasteiger partial charge in [0.25, 0.3) is 0 Å². The van der Waals surface area contributed by atoms with Gasteiger partial charge in [0.15, 0.2) is 0 Å². The molecule has 0 radical (unpaired) electrons. The Morgan fingerprint density at radius 1 is 1.06 bits per heavy atom. The van der Waals surface area contributed by atoms with Crippen molar-refractivity contribution in [2.75, 3.05) is 26.8 Å². The second-order valence-electron chi connectivity index (χ2n) is 9.55. The van der Waals surface area contributed by atoms with E-state index in [-0.39, 0.29) is 48.9 Å². The van der Waals surface area contributed by atoms with Gasteiger partial charge in [-0.1, -0.05) is 55.7 Å². The van der Waals surface area contributed by atoms with Crippen LogP contribution in [0.15, 0.2) is 48.5 Å². The number of aliphatic hydroxyl groups excluding tert-OH is 1. The molecule has 2 saturated heterocycles. The molecular formula is C27H32N2O4. The topological polar surface area (TPSA) is 70.1 Å². The van der Waals surface area contributed by atoms with Crippen molar-refractivity contribution in [3.05, 3.63) is 54.1 Å². The number of hydrogen-bond acceptors (Lipinski definition) is 4. The van der Waals surface area contributed by atoms with Crippen LogP contribution in [0.4, 0.5) is 0 Å². The number of aliphatic hydroxyl groups is 1. The van der Waals surface area contributed by atoms with Crippen LogP contribution in [0.2, 0.25) is 0 Å². The average molecular weight is 449 g/mol. The number of ether oxygens (including phenoxy) is 1. The van der Waals surface area contributed by atoms with Crippen LogP contribution >= 0.6 is 0 Å². The molecule has 3 aliphatic rings. The molecule has 33 heavy (non-hydrogen) atoms. The summed E-state index contributed by atoms with van der Waals surface area (Å²) in [7, 11) is 1.66. The Bertz CT molecular complexity index is 1020. The van der Waals surface area contributed by atoms with E-state index in [1.165, 1.54) is 6.42 Å². The SMILES string of the molecule is COc1cccc(-c2ccc([C@H]3[C@H](CO)N4C(=O)CN(C(=O)C5CCCCC5)C[C@@H]34)cc2)c1. The van der Waals surface area contributed by atoms with Gasteiger partial charge in [-0.3, -0.25) is 9.59 Å². The van der Waals surface area contributed by atoms with Crippen molar-refractivity contribution in [3.63, 3.8) is 0 Å². The van der Waals surface area contributed by atoms with E-state index in [1.54, 1.807) is 12.0 Å². The lowest BCUT2D eigenvalue weighted by Gasteiger charge is -2.59. The first-order valence-corrected chi connectivity index (χ1v) is 12.1. The molecule has 6 heteroatoms. The largest absolute Gasteiger partial charge is 0.497 e. The Kier molecular flexibility index (Phi) is 6.11. The second-order valence-corrected chi connectivity index (χ2v) is 9.55. The van der Waals surface area contributed by atoms with Crippen molar-refractivity contribution in [3.8, 4) is 16.9 Å². The molecule has 2 aromatic rings. The minimum absolute atomic E-state index is 0.0280. The first kappa shape index (κ1) is 22.0. The molecule has 1 aliphatic carbocycles. The highest BCUT2D eigenvalue weighted by atomic mass is 16.5. The molecule has 174 valence electrons. The Hall–Kier alpha value is -2.86. The Morgan fingerprint density at radius 2 is 1.82 bits per heavy atom. The molecule has 2 aliphatic heterocycles. The van der Waals surface area contributed by atoms with Gasteiger partial charge in [0.2, 0.25) is 11.8 Å². The lowest BCUT2D eigenvalue weighted by atomic mass is 9.73. The summed E-state index contributed by atoms with van der Waals surface area (Å²) in [6.07, 6.45) is 5.27. The van der Waals surface area contributed by atoms with E-state index in [1.807, 2.05) is 29.2 Å². The molecule has 0 spiro atoms. The Labute approximate surface area is 195 Å². The van der Waals surface area contributed by atoms with Crippen LogP contribution in [0.1, 0.15) is 43.6 Å². The van der Waals surface area contributed by atoms with Gasteiger partial charge < -0.3 is 19.6 Å². The molecule has 1 N–H and O–H groups in total. The molecule has 5 rings (SSSR count). The van der Waals surface area contributed by atoms with Crippen LogP contribution in [-0.2, 0) is 9.59 Å². The van der Waals surface area contributed by atoms with Gasteiger partial charge in [-0.05, 0) is 41.7 Å². The average Bonchev–Trinajstić information content (AvgIpc) is 2.85. The fourth-order valence-electron chi connectivity index (χ4n) is 5.98. The number of nitrogens with zero attached hydrogens (tertiary/aromatic N) is 2. The third-order valence-electron chi connectivity index (χ3n) is 7.72. The third kappa shape index (κ3) is 4.01. The quantitative estimate of drug-likeness (QED) is 0.761. The Balaban J connectivity index is 1.35. The van der Waals surface area contributed by atoms with Crippen molar-refractivity contribution in [2.45, 2.75) is 50.1 Å². The molecule has 6 nitrogen and oxygen atoms in total. The number of rotatable bonds is 5. The lowest BCUT2D eigenvalue weighted by molar-refractivity contribution is -0.168. The van der Waals surface area contributed by atoms with Crippen LogP contribution < -0.4 is 4.74 Å². The number of methoxy groups -OCH3 is 1. The van der Waals surface area contributed by atoms with Crippen molar-refractivity contribution >= 4 is 11.8 Å². The van der Waals surface area contributed by atoms with E-state index >= 15 is 0 Å². The molecule has 2 aromatic carbocycles. The fourth-order valence-corrected chi connectivity index (χ4v) is 5.98. The molecule has 1 saturated carbocycles. The van der Waals surface area contributed by atoms with E-state index < -0.39 is 0 Å². The first-order chi connectivity index (χ1) is 16.1. The van der Waals surface area contributed by atoms with Crippen molar-refractivity contribution in [2.24, 2.45) is 5.92 Å². The first-order valence-electron chi connectivity index (χ1n) is 12.1. The summed E-state index contributed by atoms with van der Waals surface area (Å²) in [5.74, 6) is 1.00. The summed E-state index contributed by atoms with van der Waals surface area (Å²) in [5.41, 5.74) is 3.26. The maximum atomic E-state index is 13.1.